The predicted molar refractivity (Wildman–Crippen MR) is 84.7 cm³/mol. The molecule has 2 aliphatic carbocycles. The second-order valence-electron chi connectivity index (χ2n) is 6.79. The fraction of sp³-hybridized carbons (Fsp3) is 0.474. The normalized spacial score (nSPS) is 31.3. The Kier molecular flexibility index (Phi) is 3.17. The summed E-state index contributed by atoms with van der Waals surface area (Å²) in [6, 6.07) is 10.4. The van der Waals surface area contributed by atoms with Crippen molar-refractivity contribution in [3.63, 3.8) is 0 Å². The van der Waals surface area contributed by atoms with Crippen molar-refractivity contribution in [3.8, 4) is 0 Å². The minimum atomic E-state index is -0.139. The van der Waals surface area contributed by atoms with Crippen molar-refractivity contribution < 1.29 is 9.59 Å². The van der Waals surface area contributed by atoms with Crippen LogP contribution < -0.4 is 0 Å². The highest BCUT2D eigenvalue weighted by molar-refractivity contribution is 6.06. The average molecular weight is 295 g/mol. The summed E-state index contributed by atoms with van der Waals surface area (Å²) in [5, 5.41) is 0. The van der Waals surface area contributed by atoms with E-state index in [4.69, 9.17) is 0 Å². The van der Waals surface area contributed by atoms with E-state index in [9.17, 15) is 9.59 Å². The van der Waals surface area contributed by atoms with E-state index in [1.165, 1.54) is 34.5 Å². The molecule has 3 aliphatic rings. The molecule has 0 bridgehead atoms. The van der Waals surface area contributed by atoms with E-state index in [1.807, 2.05) is 6.07 Å². The van der Waals surface area contributed by atoms with Gasteiger partial charge in [0.2, 0.25) is 11.8 Å². The molecule has 0 spiro atoms. The highest BCUT2D eigenvalue weighted by Crippen LogP contribution is 2.51. The first-order valence-corrected chi connectivity index (χ1v) is 8.27. The van der Waals surface area contributed by atoms with E-state index >= 15 is 0 Å². The largest absolute Gasteiger partial charge is 0.285 e. The van der Waals surface area contributed by atoms with Gasteiger partial charge in [0, 0.05) is 7.05 Å². The van der Waals surface area contributed by atoms with Gasteiger partial charge >= 0.3 is 0 Å². The molecule has 1 heterocycles. The maximum Gasteiger partial charge on any atom is 0.233 e. The molecule has 2 amide bonds. The number of hydrogen-bond donors (Lipinski definition) is 0. The quantitative estimate of drug-likeness (QED) is 0.746. The van der Waals surface area contributed by atoms with Crippen molar-refractivity contribution in [2.45, 2.75) is 32.1 Å². The molecule has 0 aromatic heterocycles. The van der Waals surface area contributed by atoms with Crippen LogP contribution in [-0.4, -0.2) is 23.8 Å². The van der Waals surface area contributed by atoms with Gasteiger partial charge in [-0.25, -0.2) is 0 Å². The molecule has 1 aliphatic heterocycles. The third-order valence-electron chi connectivity index (χ3n) is 5.72. The van der Waals surface area contributed by atoms with Crippen molar-refractivity contribution in [3.05, 3.63) is 41.5 Å². The molecule has 2 fully saturated rings. The molecule has 114 valence electrons. The Hall–Kier alpha value is -1.90. The predicted octanol–water partition coefficient (Wildman–Crippen LogP) is 3.27. The Bertz CT molecular complexity index is 661. The van der Waals surface area contributed by atoms with E-state index in [0.717, 1.165) is 19.3 Å². The number of fused-ring (bicyclic) bond motifs is 3. The fourth-order valence-corrected chi connectivity index (χ4v) is 4.68. The first-order valence-electron chi connectivity index (χ1n) is 8.27. The lowest BCUT2D eigenvalue weighted by atomic mass is 9.64. The molecule has 1 aromatic carbocycles. The van der Waals surface area contributed by atoms with Crippen LogP contribution in [0.25, 0.3) is 5.57 Å². The molecule has 0 radical (unpaired) electrons. The molecule has 3 atom stereocenters. The van der Waals surface area contributed by atoms with Crippen LogP contribution in [0.2, 0.25) is 0 Å². The third kappa shape index (κ3) is 1.88. The number of amides is 2. The number of likely N-dealkylation sites (tertiary alicyclic amines) is 1. The van der Waals surface area contributed by atoms with Crippen molar-refractivity contribution in [2.24, 2.45) is 17.8 Å². The van der Waals surface area contributed by atoms with Gasteiger partial charge in [-0.3, -0.25) is 14.5 Å². The van der Waals surface area contributed by atoms with Crippen LogP contribution in [0.15, 0.2) is 35.9 Å². The van der Waals surface area contributed by atoms with Gasteiger partial charge in [-0.15, -0.1) is 0 Å². The first kappa shape index (κ1) is 13.7. The van der Waals surface area contributed by atoms with Gasteiger partial charge in [-0.1, -0.05) is 42.3 Å². The standard InChI is InChI=1S/C19H21NO2/c1-20-18(21)16-11-15(12-7-3-2-4-8-12)13-9-5-6-10-14(13)17(16)19(20)22/h2-4,7-8,14,16-17H,5-6,9-11H2,1H3/t14-,16-,17+/m0/s1. The second kappa shape index (κ2) is 5.08. The van der Waals surface area contributed by atoms with Gasteiger partial charge in [0.25, 0.3) is 0 Å². The SMILES string of the molecule is CN1C(=O)[C@H]2[C@H](CC(c3ccccc3)=C3CCCC[C@@H]32)C1=O. The lowest BCUT2D eigenvalue weighted by molar-refractivity contribution is -0.138. The van der Waals surface area contributed by atoms with Crippen LogP contribution in [0.4, 0.5) is 0 Å². The lowest BCUT2D eigenvalue weighted by Gasteiger charge is -2.38. The molecule has 4 rings (SSSR count). The number of rotatable bonds is 1. The van der Waals surface area contributed by atoms with E-state index in [0.29, 0.717) is 0 Å². The molecule has 1 aromatic rings. The number of nitrogens with zero attached hydrogens (tertiary/aromatic N) is 1. The highest BCUT2D eigenvalue weighted by Gasteiger charge is 2.53. The smallest absolute Gasteiger partial charge is 0.233 e. The summed E-state index contributed by atoms with van der Waals surface area (Å²) in [6.45, 7) is 0. The van der Waals surface area contributed by atoms with E-state index in [2.05, 4.69) is 24.3 Å². The third-order valence-corrected chi connectivity index (χ3v) is 5.72. The zero-order chi connectivity index (χ0) is 15.3. The number of carbonyl (C=O) groups is 2. The minimum absolute atomic E-state index is 0.0213. The molecular weight excluding hydrogens is 274 g/mol. The van der Waals surface area contributed by atoms with Gasteiger partial charge in [0.1, 0.15) is 0 Å². The zero-order valence-electron chi connectivity index (χ0n) is 12.9. The monoisotopic (exact) mass is 295 g/mol. The lowest BCUT2D eigenvalue weighted by Crippen LogP contribution is -2.34. The molecule has 0 N–H and O–H groups in total. The van der Waals surface area contributed by atoms with Crippen molar-refractivity contribution in [1.29, 1.82) is 0 Å². The number of carbonyl (C=O) groups excluding carboxylic acids is 2. The van der Waals surface area contributed by atoms with E-state index in [1.54, 1.807) is 7.05 Å². The summed E-state index contributed by atoms with van der Waals surface area (Å²) in [6.07, 6.45) is 5.25. The zero-order valence-corrected chi connectivity index (χ0v) is 12.9. The van der Waals surface area contributed by atoms with Gasteiger partial charge in [-0.05, 0) is 42.7 Å². The van der Waals surface area contributed by atoms with Gasteiger partial charge in [-0.2, -0.15) is 0 Å². The molecule has 1 saturated carbocycles. The van der Waals surface area contributed by atoms with Gasteiger partial charge in [0.15, 0.2) is 0 Å². The summed E-state index contributed by atoms with van der Waals surface area (Å²) in [5.41, 5.74) is 4.02. The van der Waals surface area contributed by atoms with Crippen LogP contribution in [0.3, 0.4) is 0 Å². The van der Waals surface area contributed by atoms with Crippen LogP contribution in [-0.2, 0) is 9.59 Å². The summed E-state index contributed by atoms with van der Waals surface area (Å²) >= 11 is 0. The second-order valence-corrected chi connectivity index (χ2v) is 6.79. The van der Waals surface area contributed by atoms with Gasteiger partial charge < -0.3 is 0 Å². The molecule has 22 heavy (non-hydrogen) atoms. The maximum atomic E-state index is 12.5. The Balaban J connectivity index is 1.83. The molecule has 3 heteroatoms. The summed E-state index contributed by atoms with van der Waals surface area (Å²) < 4.78 is 0. The van der Waals surface area contributed by atoms with Crippen LogP contribution in [0, 0.1) is 17.8 Å². The van der Waals surface area contributed by atoms with Crippen LogP contribution in [0.5, 0.6) is 0 Å². The molecular formula is C19H21NO2. The number of imide groups is 1. The molecule has 0 unspecified atom stereocenters. The maximum absolute atomic E-state index is 12.5. The number of benzene rings is 1. The van der Waals surface area contributed by atoms with Crippen LogP contribution in [0.1, 0.15) is 37.7 Å². The van der Waals surface area contributed by atoms with Crippen molar-refractivity contribution in [1.82, 2.24) is 4.90 Å². The topological polar surface area (TPSA) is 37.4 Å². The van der Waals surface area contributed by atoms with Gasteiger partial charge in [0.05, 0.1) is 11.8 Å². The Morgan fingerprint density at radius 3 is 2.55 bits per heavy atom. The summed E-state index contributed by atoms with van der Waals surface area (Å²) in [7, 11) is 1.65. The van der Waals surface area contributed by atoms with Crippen molar-refractivity contribution >= 4 is 17.4 Å². The Morgan fingerprint density at radius 2 is 1.77 bits per heavy atom. The fourth-order valence-electron chi connectivity index (χ4n) is 4.68. The molecule has 3 nitrogen and oxygen atoms in total. The number of allylic oxidation sites excluding steroid dienone is 2. The Morgan fingerprint density at radius 1 is 1.00 bits per heavy atom. The number of hydrogen-bond acceptors (Lipinski definition) is 2. The molecule has 1 saturated heterocycles. The van der Waals surface area contributed by atoms with E-state index < -0.39 is 0 Å². The Labute approximate surface area is 131 Å². The summed E-state index contributed by atoms with van der Waals surface area (Å²) in [4.78, 5) is 26.4. The van der Waals surface area contributed by atoms with Crippen molar-refractivity contribution in [2.75, 3.05) is 7.05 Å². The van der Waals surface area contributed by atoms with Crippen LogP contribution >= 0.6 is 0 Å². The minimum Gasteiger partial charge on any atom is -0.285 e. The van der Waals surface area contributed by atoms with E-state index in [-0.39, 0.29) is 29.6 Å². The first-order chi connectivity index (χ1) is 10.7. The highest BCUT2D eigenvalue weighted by atomic mass is 16.2. The summed E-state index contributed by atoms with van der Waals surface area (Å²) in [5.74, 6) is 0.114. The average Bonchev–Trinajstić information content (AvgIpc) is 2.79.